The van der Waals surface area contributed by atoms with Gasteiger partial charge in [0.05, 0.1) is 17.1 Å². The molecule has 0 aromatic carbocycles. The van der Waals surface area contributed by atoms with E-state index in [4.69, 9.17) is 0 Å². The third-order valence-electron chi connectivity index (χ3n) is 2.53. The minimum atomic E-state index is -2.97. The van der Waals surface area contributed by atoms with Gasteiger partial charge >= 0.3 is 0 Å². The zero-order valence-corrected chi connectivity index (χ0v) is 11.3. The molecule has 0 radical (unpaired) electrons. The van der Waals surface area contributed by atoms with Crippen molar-refractivity contribution < 1.29 is 13.2 Å². The maximum atomic E-state index is 11.8. The number of amides is 1. The predicted molar refractivity (Wildman–Crippen MR) is 66.5 cm³/mol. The highest BCUT2D eigenvalue weighted by Gasteiger charge is 2.29. The van der Waals surface area contributed by atoms with E-state index in [0.29, 0.717) is 16.5 Å². The van der Waals surface area contributed by atoms with Gasteiger partial charge in [-0.2, -0.15) is 0 Å². The van der Waals surface area contributed by atoms with Crippen LogP contribution < -0.4 is 5.32 Å². The van der Waals surface area contributed by atoms with Crippen LogP contribution in [-0.4, -0.2) is 36.9 Å². The van der Waals surface area contributed by atoms with E-state index in [1.807, 2.05) is 0 Å². The fourth-order valence-corrected chi connectivity index (χ4v) is 3.75. The van der Waals surface area contributed by atoms with E-state index in [9.17, 15) is 13.2 Å². The summed E-state index contributed by atoms with van der Waals surface area (Å²) < 4.78 is 23.2. The molecule has 2 rings (SSSR count). The molecule has 1 fully saturated rings. The lowest BCUT2D eigenvalue weighted by atomic mass is 10.2. The summed E-state index contributed by atoms with van der Waals surface area (Å²) in [6, 6.07) is 1.36. The molecule has 1 N–H and O–H groups in total. The van der Waals surface area contributed by atoms with Crippen molar-refractivity contribution in [3.8, 4) is 0 Å². The van der Waals surface area contributed by atoms with Gasteiger partial charge in [0.1, 0.15) is 0 Å². The van der Waals surface area contributed by atoms with Gasteiger partial charge < -0.3 is 5.32 Å². The van der Waals surface area contributed by atoms with Gasteiger partial charge in [0.15, 0.2) is 9.84 Å². The van der Waals surface area contributed by atoms with E-state index in [1.165, 1.54) is 6.20 Å². The van der Waals surface area contributed by atoms with Crippen LogP contribution in [0.5, 0.6) is 0 Å². The molecule has 0 unspecified atom stereocenters. The maximum Gasteiger partial charge on any atom is 0.253 e. The van der Waals surface area contributed by atoms with Gasteiger partial charge in [-0.3, -0.25) is 9.78 Å². The highest BCUT2D eigenvalue weighted by atomic mass is 79.9. The summed E-state index contributed by atoms with van der Waals surface area (Å²) in [5.41, 5.74) is 0.420. The van der Waals surface area contributed by atoms with Crippen molar-refractivity contribution in [1.82, 2.24) is 10.3 Å². The first kappa shape index (κ1) is 12.5. The molecule has 5 nitrogen and oxygen atoms in total. The quantitative estimate of drug-likeness (QED) is 0.873. The number of carbonyl (C=O) groups excluding carboxylic acids is 1. The fraction of sp³-hybridized carbons (Fsp3) is 0.400. The SMILES string of the molecule is O=C(N[C@@H]1CCS(=O)(=O)C1)c1cncc(Br)c1. The Morgan fingerprint density at radius 1 is 1.47 bits per heavy atom. The second-order valence-corrected chi connectivity index (χ2v) is 7.11. The standard InChI is InChI=1S/C10H11BrN2O3S/c11-8-3-7(4-12-5-8)10(14)13-9-1-2-17(15,16)6-9/h3-5,9H,1-2,6H2,(H,13,14)/t9-/m1/s1. The van der Waals surface area contributed by atoms with Crippen molar-refractivity contribution >= 4 is 31.7 Å². The van der Waals surface area contributed by atoms with Crippen LogP contribution in [0.15, 0.2) is 22.9 Å². The Morgan fingerprint density at radius 3 is 2.82 bits per heavy atom. The van der Waals surface area contributed by atoms with Crippen molar-refractivity contribution in [2.75, 3.05) is 11.5 Å². The molecular weight excluding hydrogens is 308 g/mol. The molecule has 0 bridgehead atoms. The van der Waals surface area contributed by atoms with Crippen molar-refractivity contribution in [3.05, 3.63) is 28.5 Å². The molecule has 7 heteroatoms. The Balaban J connectivity index is 2.03. The highest BCUT2D eigenvalue weighted by Crippen LogP contribution is 2.13. The zero-order valence-electron chi connectivity index (χ0n) is 8.89. The number of rotatable bonds is 2. The van der Waals surface area contributed by atoms with Crippen LogP contribution in [0.25, 0.3) is 0 Å². The van der Waals surface area contributed by atoms with Crippen LogP contribution in [0.2, 0.25) is 0 Å². The van der Waals surface area contributed by atoms with Crippen LogP contribution in [0.4, 0.5) is 0 Å². The monoisotopic (exact) mass is 318 g/mol. The molecule has 1 atom stereocenters. The molecule has 1 saturated heterocycles. The lowest BCUT2D eigenvalue weighted by Crippen LogP contribution is -2.35. The number of nitrogens with one attached hydrogen (secondary N) is 1. The molecule has 1 aliphatic heterocycles. The Hall–Kier alpha value is -0.950. The Bertz CT molecular complexity index is 544. The maximum absolute atomic E-state index is 11.8. The molecule has 1 aromatic rings. The molecular formula is C10H11BrN2O3S. The van der Waals surface area contributed by atoms with Crippen molar-refractivity contribution in [2.24, 2.45) is 0 Å². The summed E-state index contributed by atoms with van der Waals surface area (Å²) in [7, 11) is -2.97. The van der Waals surface area contributed by atoms with E-state index in [1.54, 1.807) is 12.3 Å². The number of halogens is 1. The Kier molecular flexibility index (Phi) is 3.48. The number of aromatic nitrogens is 1. The third-order valence-corrected chi connectivity index (χ3v) is 4.74. The van der Waals surface area contributed by atoms with E-state index < -0.39 is 9.84 Å². The smallest absolute Gasteiger partial charge is 0.253 e. The summed E-state index contributed by atoms with van der Waals surface area (Å²) in [5.74, 6) is -0.115. The summed E-state index contributed by atoms with van der Waals surface area (Å²) in [4.78, 5) is 15.7. The number of sulfone groups is 1. The number of carbonyl (C=O) groups is 1. The summed E-state index contributed by atoms with van der Waals surface area (Å²) in [6.07, 6.45) is 3.51. The molecule has 92 valence electrons. The molecule has 1 amide bonds. The number of hydrogen-bond donors (Lipinski definition) is 1. The van der Waals surface area contributed by atoms with Crippen LogP contribution in [0, 0.1) is 0 Å². The van der Waals surface area contributed by atoms with Gasteiger partial charge in [-0.15, -0.1) is 0 Å². The first-order valence-corrected chi connectivity index (χ1v) is 7.69. The average Bonchev–Trinajstić information content (AvgIpc) is 2.58. The average molecular weight is 319 g/mol. The summed E-state index contributed by atoms with van der Waals surface area (Å²) in [5, 5.41) is 2.70. The van der Waals surface area contributed by atoms with Gasteiger partial charge in [0.25, 0.3) is 5.91 Å². The molecule has 1 aliphatic rings. The van der Waals surface area contributed by atoms with Crippen LogP contribution in [0.3, 0.4) is 0 Å². The van der Waals surface area contributed by atoms with Gasteiger partial charge in [0, 0.05) is 22.9 Å². The number of hydrogen-bond acceptors (Lipinski definition) is 4. The molecule has 0 aliphatic carbocycles. The van der Waals surface area contributed by atoms with E-state index >= 15 is 0 Å². The van der Waals surface area contributed by atoms with E-state index in [-0.39, 0.29) is 23.5 Å². The molecule has 17 heavy (non-hydrogen) atoms. The van der Waals surface area contributed by atoms with E-state index in [2.05, 4.69) is 26.2 Å². The molecule has 0 spiro atoms. The highest BCUT2D eigenvalue weighted by molar-refractivity contribution is 9.10. The molecule has 2 heterocycles. The van der Waals surface area contributed by atoms with Crippen LogP contribution >= 0.6 is 15.9 Å². The zero-order chi connectivity index (χ0) is 12.5. The lowest BCUT2D eigenvalue weighted by Gasteiger charge is -2.10. The molecule has 0 saturated carbocycles. The first-order valence-electron chi connectivity index (χ1n) is 5.08. The minimum Gasteiger partial charge on any atom is -0.348 e. The normalized spacial score (nSPS) is 22.3. The lowest BCUT2D eigenvalue weighted by molar-refractivity contribution is 0.0940. The largest absolute Gasteiger partial charge is 0.348 e. The van der Waals surface area contributed by atoms with Gasteiger partial charge in [-0.1, -0.05) is 0 Å². The second kappa shape index (κ2) is 4.73. The second-order valence-electron chi connectivity index (χ2n) is 3.97. The van der Waals surface area contributed by atoms with E-state index in [0.717, 1.165) is 0 Å². The van der Waals surface area contributed by atoms with Gasteiger partial charge in [-0.25, -0.2) is 8.42 Å². The van der Waals surface area contributed by atoms with Crippen LogP contribution in [-0.2, 0) is 9.84 Å². The van der Waals surface area contributed by atoms with Crippen molar-refractivity contribution in [1.29, 1.82) is 0 Å². The Morgan fingerprint density at radius 2 is 2.24 bits per heavy atom. The first-order chi connectivity index (χ1) is 7.96. The van der Waals surface area contributed by atoms with Gasteiger partial charge in [-0.05, 0) is 28.4 Å². The summed E-state index contributed by atoms with van der Waals surface area (Å²) >= 11 is 3.22. The third kappa shape index (κ3) is 3.26. The predicted octanol–water partition coefficient (Wildman–Crippen LogP) is 0.761. The van der Waals surface area contributed by atoms with Gasteiger partial charge in [0.2, 0.25) is 0 Å². The van der Waals surface area contributed by atoms with Crippen molar-refractivity contribution in [3.63, 3.8) is 0 Å². The number of nitrogens with zero attached hydrogens (tertiary/aromatic N) is 1. The van der Waals surface area contributed by atoms with Crippen LogP contribution in [0.1, 0.15) is 16.8 Å². The Labute approximate surface area is 108 Å². The molecule has 1 aromatic heterocycles. The number of pyridine rings is 1. The minimum absolute atomic E-state index is 0.0279. The fourth-order valence-electron chi connectivity index (χ4n) is 1.71. The summed E-state index contributed by atoms with van der Waals surface area (Å²) in [6.45, 7) is 0. The van der Waals surface area contributed by atoms with Crippen molar-refractivity contribution in [2.45, 2.75) is 12.5 Å². The topological polar surface area (TPSA) is 76.1 Å².